The van der Waals surface area contributed by atoms with Crippen molar-refractivity contribution in [3.8, 4) is 0 Å². The Balaban J connectivity index is 3.27. The third-order valence-electron chi connectivity index (χ3n) is 4.28. The van der Waals surface area contributed by atoms with E-state index < -0.39 is 29.7 Å². The SMILES string of the molecule is Cc1ccc([C@@H](O[Si](C)(C)C(C)(C)C)[C@@H](C)S(N)(=O)=O)nn1. The third-order valence-corrected chi connectivity index (χ3v) is 10.0. The molecule has 2 N–H and O–H groups in total. The summed E-state index contributed by atoms with van der Waals surface area (Å²) >= 11 is 0. The average molecular weight is 346 g/mol. The predicted molar refractivity (Wildman–Crippen MR) is 90.4 cm³/mol. The van der Waals surface area contributed by atoms with Gasteiger partial charge in [0.25, 0.3) is 0 Å². The van der Waals surface area contributed by atoms with Gasteiger partial charge in [0, 0.05) is 0 Å². The van der Waals surface area contributed by atoms with Crippen LogP contribution in [0, 0.1) is 6.92 Å². The molecular weight excluding hydrogens is 318 g/mol. The molecule has 0 bridgehead atoms. The molecule has 0 aliphatic carbocycles. The van der Waals surface area contributed by atoms with Crippen LogP contribution in [-0.4, -0.2) is 32.2 Å². The maximum Gasteiger partial charge on any atom is 0.214 e. The predicted octanol–water partition coefficient (Wildman–Crippen LogP) is 2.52. The molecule has 0 unspecified atom stereocenters. The molecule has 0 spiro atoms. The lowest BCUT2D eigenvalue weighted by molar-refractivity contribution is 0.176. The fourth-order valence-corrected chi connectivity index (χ4v) is 3.58. The van der Waals surface area contributed by atoms with Gasteiger partial charge in [0.2, 0.25) is 10.0 Å². The Labute approximate surface area is 134 Å². The second-order valence-corrected chi connectivity index (χ2v) is 13.9. The van der Waals surface area contributed by atoms with Crippen LogP contribution in [0.4, 0.5) is 0 Å². The van der Waals surface area contributed by atoms with Crippen molar-refractivity contribution in [3.63, 3.8) is 0 Å². The van der Waals surface area contributed by atoms with Crippen molar-refractivity contribution in [2.45, 2.75) is 64.1 Å². The summed E-state index contributed by atoms with van der Waals surface area (Å²) in [5, 5.41) is 12.5. The molecule has 0 saturated heterocycles. The van der Waals surface area contributed by atoms with Crippen molar-refractivity contribution < 1.29 is 12.8 Å². The Morgan fingerprint density at radius 1 is 1.23 bits per heavy atom. The number of aromatic nitrogens is 2. The van der Waals surface area contributed by atoms with Gasteiger partial charge in [-0.1, -0.05) is 20.8 Å². The fraction of sp³-hybridized carbons (Fsp3) is 0.714. The molecular formula is C14H27N3O3SSi. The molecule has 22 heavy (non-hydrogen) atoms. The summed E-state index contributed by atoms with van der Waals surface area (Å²) in [6.45, 7) is 13.8. The summed E-state index contributed by atoms with van der Waals surface area (Å²) in [4.78, 5) is 0. The molecule has 6 nitrogen and oxygen atoms in total. The fourth-order valence-electron chi connectivity index (χ4n) is 1.62. The zero-order valence-corrected chi connectivity index (χ0v) is 16.2. The summed E-state index contributed by atoms with van der Waals surface area (Å²) in [6.07, 6.45) is -0.719. The number of primary sulfonamides is 1. The number of nitrogens with two attached hydrogens (primary N) is 1. The Hall–Kier alpha value is -0.833. The van der Waals surface area contributed by atoms with Crippen LogP contribution in [0.3, 0.4) is 0 Å². The zero-order chi connectivity index (χ0) is 17.3. The summed E-state index contributed by atoms with van der Waals surface area (Å²) < 4.78 is 29.9. The zero-order valence-electron chi connectivity index (χ0n) is 14.4. The number of sulfonamides is 1. The molecule has 1 heterocycles. The first-order valence-electron chi connectivity index (χ1n) is 7.25. The van der Waals surface area contributed by atoms with Gasteiger partial charge in [-0.3, -0.25) is 0 Å². The monoisotopic (exact) mass is 345 g/mol. The van der Waals surface area contributed by atoms with Gasteiger partial charge in [0.05, 0.1) is 11.4 Å². The number of rotatable bonds is 5. The van der Waals surface area contributed by atoms with Crippen molar-refractivity contribution in [1.29, 1.82) is 0 Å². The molecule has 0 aromatic carbocycles. The minimum Gasteiger partial charge on any atom is -0.407 e. The molecule has 1 aromatic rings. The lowest BCUT2D eigenvalue weighted by Crippen LogP contribution is -2.45. The van der Waals surface area contributed by atoms with Gasteiger partial charge in [0.15, 0.2) is 8.32 Å². The van der Waals surface area contributed by atoms with Gasteiger partial charge in [-0.15, -0.1) is 0 Å². The summed E-state index contributed by atoms with van der Waals surface area (Å²) in [5.41, 5.74) is 1.26. The molecule has 0 fully saturated rings. The molecule has 1 rings (SSSR count). The van der Waals surface area contributed by atoms with Crippen molar-refractivity contribution >= 4 is 18.3 Å². The van der Waals surface area contributed by atoms with Crippen molar-refractivity contribution in [3.05, 3.63) is 23.5 Å². The van der Waals surface area contributed by atoms with Crippen molar-refractivity contribution in [2.75, 3.05) is 0 Å². The highest BCUT2D eigenvalue weighted by Gasteiger charge is 2.42. The molecule has 0 radical (unpaired) electrons. The Bertz CT molecular complexity index is 609. The van der Waals surface area contributed by atoms with E-state index in [1.54, 1.807) is 19.1 Å². The highest BCUT2D eigenvalue weighted by Crippen LogP contribution is 2.40. The average Bonchev–Trinajstić information content (AvgIpc) is 2.34. The highest BCUT2D eigenvalue weighted by molar-refractivity contribution is 7.89. The topological polar surface area (TPSA) is 95.2 Å². The summed E-state index contributed by atoms with van der Waals surface area (Å²) in [5.74, 6) is 0. The van der Waals surface area contributed by atoms with Crippen LogP contribution in [0.2, 0.25) is 18.1 Å². The Kier molecular flexibility index (Phi) is 5.54. The lowest BCUT2D eigenvalue weighted by Gasteiger charge is -2.40. The third kappa shape index (κ3) is 4.58. The van der Waals surface area contributed by atoms with E-state index in [4.69, 9.17) is 9.56 Å². The van der Waals surface area contributed by atoms with Crippen LogP contribution < -0.4 is 5.14 Å². The molecule has 0 aliphatic rings. The van der Waals surface area contributed by atoms with Crippen LogP contribution in [0.1, 0.15) is 45.2 Å². The number of nitrogens with zero attached hydrogens (tertiary/aromatic N) is 2. The highest BCUT2D eigenvalue weighted by atomic mass is 32.2. The molecule has 0 saturated carbocycles. The van der Waals surface area contributed by atoms with E-state index in [0.29, 0.717) is 5.69 Å². The molecule has 126 valence electrons. The van der Waals surface area contributed by atoms with Gasteiger partial charge in [-0.2, -0.15) is 10.2 Å². The normalized spacial score (nSPS) is 16.4. The summed E-state index contributed by atoms with van der Waals surface area (Å²) in [7, 11) is -5.94. The van der Waals surface area contributed by atoms with Gasteiger partial charge < -0.3 is 4.43 Å². The van der Waals surface area contributed by atoms with Gasteiger partial charge >= 0.3 is 0 Å². The van der Waals surface area contributed by atoms with Crippen LogP contribution in [0.25, 0.3) is 0 Å². The van der Waals surface area contributed by atoms with Gasteiger partial charge in [-0.25, -0.2) is 13.6 Å². The lowest BCUT2D eigenvalue weighted by atomic mass is 10.2. The minimum atomic E-state index is -3.75. The smallest absolute Gasteiger partial charge is 0.214 e. The van der Waals surface area contributed by atoms with Crippen LogP contribution in [-0.2, 0) is 14.4 Å². The van der Waals surface area contributed by atoms with E-state index in [0.717, 1.165) is 5.69 Å². The molecule has 1 aromatic heterocycles. The molecule has 8 heteroatoms. The standard InChI is InChI=1S/C14H27N3O3SSi/c1-10-8-9-12(17-16-10)13(11(2)21(15,18)19)20-22(6,7)14(3,4)5/h8-9,11,13H,1-7H3,(H2,15,18,19)/t11-,13+/m1/s1. The number of aryl methyl sites for hydroxylation is 1. The Morgan fingerprint density at radius 2 is 1.77 bits per heavy atom. The van der Waals surface area contributed by atoms with E-state index in [1.807, 2.05) is 6.92 Å². The van der Waals surface area contributed by atoms with Crippen LogP contribution in [0.15, 0.2) is 12.1 Å². The first-order valence-corrected chi connectivity index (χ1v) is 11.8. The van der Waals surface area contributed by atoms with E-state index >= 15 is 0 Å². The molecule has 0 aliphatic heterocycles. The van der Waals surface area contributed by atoms with Crippen LogP contribution in [0.5, 0.6) is 0 Å². The van der Waals surface area contributed by atoms with Crippen molar-refractivity contribution in [2.24, 2.45) is 5.14 Å². The second kappa shape index (κ2) is 6.35. The maximum absolute atomic E-state index is 11.8. The van der Waals surface area contributed by atoms with Crippen LogP contribution >= 0.6 is 0 Å². The van der Waals surface area contributed by atoms with E-state index in [9.17, 15) is 8.42 Å². The number of hydrogen-bond donors (Lipinski definition) is 1. The Morgan fingerprint density at radius 3 is 2.14 bits per heavy atom. The van der Waals surface area contributed by atoms with E-state index in [1.165, 1.54) is 0 Å². The number of hydrogen-bond acceptors (Lipinski definition) is 5. The first kappa shape index (κ1) is 19.2. The molecule has 0 amide bonds. The first-order chi connectivity index (χ1) is 9.75. The van der Waals surface area contributed by atoms with E-state index in [-0.39, 0.29) is 5.04 Å². The van der Waals surface area contributed by atoms with Crippen molar-refractivity contribution in [1.82, 2.24) is 10.2 Å². The largest absolute Gasteiger partial charge is 0.407 e. The van der Waals surface area contributed by atoms with Gasteiger partial charge in [-0.05, 0) is 44.1 Å². The molecule has 2 atom stereocenters. The maximum atomic E-state index is 11.8. The quantitative estimate of drug-likeness (QED) is 0.827. The van der Waals surface area contributed by atoms with Gasteiger partial charge in [0.1, 0.15) is 11.4 Å². The minimum absolute atomic E-state index is 0.0541. The second-order valence-electron chi connectivity index (χ2n) is 7.19. The summed E-state index contributed by atoms with van der Waals surface area (Å²) in [6, 6.07) is 3.54. The van der Waals surface area contributed by atoms with E-state index in [2.05, 4.69) is 44.1 Å².